The van der Waals surface area contributed by atoms with E-state index >= 15 is 0 Å². The Balaban J connectivity index is 1.82. The van der Waals surface area contributed by atoms with Crippen LogP contribution in [0.5, 0.6) is 5.75 Å². The number of benzene rings is 2. The molecule has 29 heavy (non-hydrogen) atoms. The van der Waals surface area contributed by atoms with Crippen LogP contribution in [0.15, 0.2) is 47.5 Å². The maximum absolute atomic E-state index is 13.0. The summed E-state index contributed by atoms with van der Waals surface area (Å²) in [6, 6.07) is 13.8. The number of hydrogen-bond donors (Lipinski definition) is 0. The van der Waals surface area contributed by atoms with Gasteiger partial charge in [-0.15, -0.1) is 11.3 Å². The van der Waals surface area contributed by atoms with Crippen molar-refractivity contribution in [2.45, 2.75) is 13.5 Å². The van der Waals surface area contributed by atoms with Gasteiger partial charge in [-0.1, -0.05) is 41.1 Å². The van der Waals surface area contributed by atoms with E-state index in [1.54, 1.807) is 11.8 Å². The van der Waals surface area contributed by atoms with Crippen molar-refractivity contribution in [2.75, 3.05) is 18.6 Å². The van der Waals surface area contributed by atoms with E-state index in [2.05, 4.69) is 15.8 Å². The van der Waals surface area contributed by atoms with Crippen LogP contribution in [-0.2, 0) is 6.54 Å². The number of carbonyl (C=O) groups excluding carboxylic acids is 1. The van der Waals surface area contributed by atoms with Crippen molar-refractivity contribution >= 4 is 72.2 Å². The van der Waals surface area contributed by atoms with Crippen LogP contribution in [-0.4, -0.2) is 29.1 Å². The number of rotatable bonds is 6. The second kappa shape index (κ2) is 8.92. The molecular weight excluding hydrogens is 444 g/mol. The molecule has 8 heteroatoms. The Hall–Kier alpha value is -1.80. The van der Waals surface area contributed by atoms with E-state index in [1.165, 1.54) is 22.7 Å². The Morgan fingerprint density at radius 1 is 1.21 bits per heavy atom. The lowest BCUT2D eigenvalue weighted by Crippen LogP contribution is -2.18. The highest BCUT2D eigenvalue weighted by molar-refractivity contribution is 7.98. The fraction of sp³-hybridized carbons (Fsp3) is 0.238. The number of aryl methyl sites for hydroxylation is 1. The number of aromatic nitrogens is 1. The fourth-order valence-electron chi connectivity index (χ4n) is 3.08. The normalized spacial score (nSPS) is 12.2. The topological polar surface area (TPSA) is 43.6 Å². The van der Waals surface area contributed by atoms with Crippen LogP contribution in [0.1, 0.15) is 16.6 Å². The Bertz CT molecular complexity index is 1260. The molecule has 0 unspecified atom stereocenters. The van der Waals surface area contributed by atoms with Gasteiger partial charge in [-0.05, 0) is 37.4 Å². The summed E-state index contributed by atoms with van der Waals surface area (Å²) < 4.78 is 9.76. The van der Waals surface area contributed by atoms with Crippen molar-refractivity contribution in [1.82, 2.24) is 4.57 Å². The zero-order chi connectivity index (χ0) is 20.4. The number of fused-ring (bicyclic) bond motifs is 2. The average molecular weight is 463 g/mol. The van der Waals surface area contributed by atoms with Gasteiger partial charge in [-0.3, -0.25) is 4.79 Å². The van der Waals surface area contributed by atoms with Gasteiger partial charge in [-0.25, -0.2) is 0 Å². The van der Waals surface area contributed by atoms with Crippen LogP contribution in [0, 0.1) is 0 Å². The van der Waals surface area contributed by atoms with Crippen molar-refractivity contribution in [2.24, 2.45) is 4.99 Å². The lowest BCUT2D eigenvalue weighted by atomic mass is 10.2. The summed E-state index contributed by atoms with van der Waals surface area (Å²) in [5, 5.41) is 1.38. The molecule has 0 fully saturated rings. The third-order valence-corrected chi connectivity index (χ3v) is 7.71. The van der Waals surface area contributed by atoms with Gasteiger partial charge in [0.25, 0.3) is 5.91 Å². The van der Waals surface area contributed by atoms with Crippen molar-refractivity contribution in [1.29, 1.82) is 0 Å². The van der Waals surface area contributed by atoms with Gasteiger partial charge in [0, 0.05) is 22.4 Å². The summed E-state index contributed by atoms with van der Waals surface area (Å²) in [6.07, 6.45) is 2.07. The van der Waals surface area contributed by atoms with E-state index < -0.39 is 0 Å². The molecule has 0 saturated heterocycles. The summed E-state index contributed by atoms with van der Waals surface area (Å²) >= 11 is 11.1. The van der Waals surface area contributed by atoms with Crippen LogP contribution in [0.25, 0.3) is 20.3 Å². The van der Waals surface area contributed by atoms with Gasteiger partial charge >= 0.3 is 0 Å². The highest BCUT2D eigenvalue weighted by Gasteiger charge is 2.17. The number of amides is 1. The zero-order valence-electron chi connectivity index (χ0n) is 16.0. The number of nitrogens with zero attached hydrogens (tertiary/aromatic N) is 2. The smallest absolute Gasteiger partial charge is 0.291 e. The zero-order valence-corrected chi connectivity index (χ0v) is 19.2. The molecule has 4 rings (SSSR count). The van der Waals surface area contributed by atoms with Gasteiger partial charge in [0.15, 0.2) is 4.80 Å². The van der Waals surface area contributed by atoms with Crippen LogP contribution >= 0.6 is 46.0 Å². The molecule has 0 aliphatic carbocycles. The molecule has 0 aliphatic rings. The molecule has 2 aromatic heterocycles. The predicted molar refractivity (Wildman–Crippen MR) is 126 cm³/mol. The SMILES string of the molecule is CCOc1ccc2c(c1)sc(=NC(=O)c1sc3ccccc3c1Cl)n2CCSC. The number of thioether (sulfide) groups is 1. The standard InChI is InChI=1S/C21H19ClN2O2S3/c1-3-26-13-8-9-15-17(12-13)29-21(24(15)10-11-27-2)23-20(25)19-18(22)14-6-4-5-7-16(14)28-19/h4-9,12H,3,10-11H2,1-2H3. The number of halogens is 1. The molecule has 0 aliphatic heterocycles. The summed E-state index contributed by atoms with van der Waals surface area (Å²) in [4.78, 5) is 18.6. The van der Waals surface area contributed by atoms with E-state index in [4.69, 9.17) is 16.3 Å². The summed E-state index contributed by atoms with van der Waals surface area (Å²) in [5.74, 6) is 1.46. The minimum atomic E-state index is -0.300. The van der Waals surface area contributed by atoms with E-state index in [0.29, 0.717) is 21.3 Å². The largest absolute Gasteiger partial charge is 0.494 e. The molecule has 2 heterocycles. The van der Waals surface area contributed by atoms with E-state index in [-0.39, 0.29) is 5.91 Å². The highest BCUT2D eigenvalue weighted by atomic mass is 35.5. The quantitative estimate of drug-likeness (QED) is 0.349. The molecule has 1 amide bonds. The molecule has 0 N–H and O–H groups in total. The first-order chi connectivity index (χ1) is 14.1. The van der Waals surface area contributed by atoms with E-state index in [9.17, 15) is 4.79 Å². The van der Waals surface area contributed by atoms with Crippen LogP contribution in [0.2, 0.25) is 5.02 Å². The maximum Gasteiger partial charge on any atom is 0.291 e. The number of thiophene rings is 1. The van der Waals surface area contributed by atoms with Crippen molar-refractivity contribution in [3.8, 4) is 5.75 Å². The van der Waals surface area contributed by atoms with Crippen molar-refractivity contribution in [3.05, 3.63) is 57.2 Å². The summed E-state index contributed by atoms with van der Waals surface area (Å²) in [5.41, 5.74) is 1.06. The highest BCUT2D eigenvalue weighted by Crippen LogP contribution is 2.35. The van der Waals surface area contributed by atoms with Gasteiger partial charge < -0.3 is 9.30 Å². The second-order valence-electron chi connectivity index (χ2n) is 6.25. The first kappa shape index (κ1) is 20.5. The summed E-state index contributed by atoms with van der Waals surface area (Å²) in [7, 11) is 0. The third kappa shape index (κ3) is 4.10. The van der Waals surface area contributed by atoms with E-state index in [0.717, 1.165) is 38.3 Å². The van der Waals surface area contributed by atoms with Crippen LogP contribution in [0.3, 0.4) is 0 Å². The predicted octanol–water partition coefficient (Wildman–Crippen LogP) is 6.07. The lowest BCUT2D eigenvalue weighted by molar-refractivity contribution is 0.100. The Morgan fingerprint density at radius 3 is 2.79 bits per heavy atom. The number of hydrogen-bond acceptors (Lipinski definition) is 5. The molecule has 4 aromatic rings. The molecule has 150 valence electrons. The van der Waals surface area contributed by atoms with Crippen LogP contribution < -0.4 is 9.54 Å². The molecule has 2 aromatic carbocycles. The van der Waals surface area contributed by atoms with Gasteiger partial charge in [0.2, 0.25) is 0 Å². The van der Waals surface area contributed by atoms with Gasteiger partial charge in [-0.2, -0.15) is 16.8 Å². The minimum Gasteiger partial charge on any atom is -0.494 e. The molecule has 0 atom stereocenters. The molecule has 4 nitrogen and oxygen atoms in total. The lowest BCUT2D eigenvalue weighted by Gasteiger charge is -2.05. The molecule has 0 spiro atoms. The van der Waals surface area contributed by atoms with Crippen molar-refractivity contribution in [3.63, 3.8) is 0 Å². The monoisotopic (exact) mass is 462 g/mol. The van der Waals surface area contributed by atoms with Crippen molar-refractivity contribution < 1.29 is 9.53 Å². The molecular formula is C21H19ClN2O2S3. The Kier molecular flexibility index (Phi) is 6.29. The molecule has 0 radical (unpaired) electrons. The van der Waals surface area contributed by atoms with Gasteiger partial charge in [0.1, 0.15) is 10.6 Å². The summed E-state index contributed by atoms with van der Waals surface area (Å²) in [6.45, 7) is 3.36. The van der Waals surface area contributed by atoms with Crippen LogP contribution in [0.4, 0.5) is 0 Å². The van der Waals surface area contributed by atoms with Gasteiger partial charge in [0.05, 0.1) is 21.8 Å². The Labute approximate surface area is 185 Å². The fourth-order valence-corrected chi connectivity index (χ4v) is 5.93. The maximum atomic E-state index is 13.0. The number of thiazole rings is 1. The molecule has 0 bridgehead atoms. The third-order valence-electron chi connectivity index (χ3n) is 4.41. The number of ether oxygens (including phenoxy) is 1. The Morgan fingerprint density at radius 2 is 2.03 bits per heavy atom. The molecule has 0 saturated carbocycles. The minimum absolute atomic E-state index is 0.300. The van der Waals surface area contributed by atoms with E-state index in [1.807, 2.05) is 49.4 Å². The first-order valence-corrected chi connectivity index (χ1v) is 12.5. The average Bonchev–Trinajstić information content (AvgIpc) is 3.24. The number of carbonyl (C=O) groups is 1. The second-order valence-corrected chi connectivity index (χ2v) is 9.67. The first-order valence-electron chi connectivity index (χ1n) is 9.13.